The van der Waals surface area contributed by atoms with Crippen molar-refractivity contribution in [2.45, 2.75) is 22.6 Å². The summed E-state index contributed by atoms with van der Waals surface area (Å²) in [5.41, 5.74) is 1.14. The summed E-state index contributed by atoms with van der Waals surface area (Å²) in [6.45, 7) is 2.34. The monoisotopic (exact) mass is 370 g/mol. The molecule has 0 aliphatic rings. The molecule has 0 aliphatic carbocycles. The van der Waals surface area contributed by atoms with Crippen molar-refractivity contribution in [3.05, 3.63) is 46.8 Å². The molecule has 2 aromatic rings. The van der Waals surface area contributed by atoms with Crippen LogP contribution < -0.4 is 10.0 Å². The van der Waals surface area contributed by atoms with Crippen LogP contribution >= 0.6 is 23.1 Å². The first kappa shape index (κ1) is 18.0. The van der Waals surface area contributed by atoms with E-state index in [0.29, 0.717) is 12.3 Å². The Kier molecular flexibility index (Phi) is 6.23. The number of thioether (sulfide) groups is 1. The largest absolute Gasteiger partial charge is 0.350 e. The number of rotatable bonds is 7. The van der Waals surface area contributed by atoms with Gasteiger partial charge in [-0.3, -0.25) is 4.79 Å². The number of sulfonamides is 1. The number of nitrogens with one attached hydrogen (secondary N) is 2. The Labute approximate surface area is 144 Å². The summed E-state index contributed by atoms with van der Waals surface area (Å²) in [6, 6.07) is 11.2. The van der Waals surface area contributed by atoms with Crippen LogP contribution in [-0.4, -0.2) is 27.1 Å². The third-order valence-electron chi connectivity index (χ3n) is 3.08. The zero-order valence-corrected chi connectivity index (χ0v) is 15.3. The fraction of sp³-hybridized carbons (Fsp3) is 0.267. The molecule has 0 aliphatic heterocycles. The average molecular weight is 371 g/mol. The van der Waals surface area contributed by atoms with Gasteiger partial charge in [-0.25, -0.2) is 13.1 Å². The number of amides is 1. The highest BCUT2D eigenvalue weighted by Gasteiger charge is 2.14. The Morgan fingerprint density at radius 1 is 1.22 bits per heavy atom. The van der Waals surface area contributed by atoms with Gasteiger partial charge in [0, 0.05) is 9.77 Å². The Hall–Kier alpha value is -1.35. The number of benzene rings is 1. The first-order valence-electron chi connectivity index (χ1n) is 6.90. The molecule has 0 bridgehead atoms. The number of hydrogen-bond donors (Lipinski definition) is 2. The summed E-state index contributed by atoms with van der Waals surface area (Å²) in [7, 11) is -2.04. The highest BCUT2D eigenvalue weighted by Crippen LogP contribution is 2.22. The molecule has 0 saturated heterocycles. The third kappa shape index (κ3) is 5.07. The zero-order valence-electron chi connectivity index (χ0n) is 12.8. The molecular weight excluding hydrogens is 352 g/mol. The van der Waals surface area contributed by atoms with Crippen molar-refractivity contribution >= 4 is 39.0 Å². The highest BCUT2D eigenvalue weighted by molar-refractivity contribution is 8.00. The van der Waals surface area contributed by atoms with Crippen molar-refractivity contribution in [2.24, 2.45) is 0 Å². The van der Waals surface area contributed by atoms with E-state index in [2.05, 4.69) is 10.0 Å². The second kappa shape index (κ2) is 7.96. The maximum absolute atomic E-state index is 11.9. The van der Waals surface area contributed by atoms with Crippen LogP contribution in [0.15, 0.2) is 45.5 Å². The summed E-state index contributed by atoms with van der Waals surface area (Å²) in [5, 5.41) is 2.81. The molecule has 1 heterocycles. The van der Waals surface area contributed by atoms with Crippen molar-refractivity contribution in [2.75, 3.05) is 12.8 Å². The van der Waals surface area contributed by atoms with E-state index in [1.54, 1.807) is 12.1 Å². The maximum Gasteiger partial charge on any atom is 0.249 e. The van der Waals surface area contributed by atoms with Crippen LogP contribution in [0.1, 0.15) is 10.4 Å². The van der Waals surface area contributed by atoms with Crippen molar-refractivity contribution in [1.82, 2.24) is 10.0 Å². The molecule has 0 atom stereocenters. The van der Waals surface area contributed by atoms with Crippen LogP contribution in [0.25, 0.3) is 0 Å². The van der Waals surface area contributed by atoms with Gasteiger partial charge in [-0.05, 0) is 37.7 Å². The topological polar surface area (TPSA) is 75.3 Å². The fourth-order valence-corrected chi connectivity index (χ4v) is 4.79. The van der Waals surface area contributed by atoms with E-state index in [1.807, 2.05) is 31.2 Å². The minimum atomic E-state index is -3.42. The van der Waals surface area contributed by atoms with Gasteiger partial charge in [0.15, 0.2) is 0 Å². The lowest BCUT2D eigenvalue weighted by Gasteiger charge is -2.06. The maximum atomic E-state index is 11.9. The van der Waals surface area contributed by atoms with Crippen molar-refractivity contribution < 1.29 is 13.2 Å². The third-order valence-corrected chi connectivity index (χ3v) is 7.25. The van der Waals surface area contributed by atoms with Gasteiger partial charge in [-0.2, -0.15) is 0 Å². The van der Waals surface area contributed by atoms with Crippen molar-refractivity contribution in [3.63, 3.8) is 0 Å². The Morgan fingerprint density at radius 3 is 2.65 bits per heavy atom. The molecule has 2 rings (SSSR count). The van der Waals surface area contributed by atoms with Crippen LogP contribution in [-0.2, 0) is 21.4 Å². The summed E-state index contributed by atoms with van der Waals surface area (Å²) in [6.07, 6.45) is 0. The predicted molar refractivity (Wildman–Crippen MR) is 94.3 cm³/mol. The quantitative estimate of drug-likeness (QED) is 0.734. The van der Waals surface area contributed by atoms with Gasteiger partial charge >= 0.3 is 0 Å². The second-order valence-corrected chi connectivity index (χ2v) is 9.06. The molecular formula is C15H18N2O3S3. The summed E-state index contributed by atoms with van der Waals surface area (Å²) >= 11 is 2.64. The fourth-order valence-electron chi connectivity index (χ4n) is 1.80. The molecule has 0 unspecified atom stereocenters. The Morgan fingerprint density at radius 2 is 1.96 bits per heavy atom. The molecule has 0 radical (unpaired) electrons. The first-order chi connectivity index (χ1) is 10.9. The van der Waals surface area contributed by atoms with Crippen molar-refractivity contribution in [1.29, 1.82) is 0 Å². The first-order valence-corrected chi connectivity index (χ1v) is 10.2. The predicted octanol–water partition coefficient (Wildman–Crippen LogP) is 2.37. The molecule has 1 aromatic carbocycles. The molecule has 0 spiro atoms. The van der Waals surface area contributed by atoms with Crippen LogP contribution in [0.5, 0.6) is 0 Å². The minimum absolute atomic E-state index is 0.0790. The molecule has 124 valence electrons. The number of carbonyl (C=O) groups excluding carboxylic acids is 1. The molecule has 0 fully saturated rings. The molecule has 23 heavy (non-hydrogen) atoms. The molecule has 1 aromatic heterocycles. The number of aryl methyl sites for hydroxylation is 1. The van der Waals surface area contributed by atoms with Crippen LogP contribution in [0, 0.1) is 6.92 Å². The van der Waals surface area contributed by atoms with E-state index < -0.39 is 10.0 Å². The lowest BCUT2D eigenvalue weighted by molar-refractivity contribution is -0.118. The zero-order chi connectivity index (χ0) is 16.9. The van der Waals surface area contributed by atoms with Crippen molar-refractivity contribution in [3.8, 4) is 0 Å². The second-order valence-electron chi connectivity index (χ2n) is 4.76. The summed E-state index contributed by atoms with van der Waals surface area (Å²) in [5.74, 6) is 0.252. The average Bonchev–Trinajstić information content (AvgIpc) is 3.02. The van der Waals surface area contributed by atoms with E-state index in [0.717, 1.165) is 26.7 Å². The summed E-state index contributed by atoms with van der Waals surface area (Å²) in [4.78, 5) is 13.8. The molecule has 8 heteroatoms. The highest BCUT2D eigenvalue weighted by atomic mass is 32.2. The van der Waals surface area contributed by atoms with E-state index in [1.165, 1.54) is 18.8 Å². The van der Waals surface area contributed by atoms with Gasteiger partial charge in [0.1, 0.15) is 4.21 Å². The van der Waals surface area contributed by atoms with E-state index >= 15 is 0 Å². The smallest absolute Gasteiger partial charge is 0.249 e. The van der Waals surface area contributed by atoms with Gasteiger partial charge in [0.05, 0.1) is 12.3 Å². The molecule has 0 saturated carbocycles. The van der Waals surface area contributed by atoms with Gasteiger partial charge in [-0.15, -0.1) is 23.1 Å². The van der Waals surface area contributed by atoms with E-state index in [4.69, 9.17) is 0 Å². The van der Waals surface area contributed by atoms with Crippen LogP contribution in [0.2, 0.25) is 0 Å². The molecule has 2 N–H and O–H groups in total. The number of hydrogen-bond acceptors (Lipinski definition) is 5. The standard InChI is InChI=1S/C15H18N2O3S3/c1-11-5-3-4-6-13(11)21-10-14(18)17-9-12-7-8-15(22-12)23(19,20)16-2/h3-8,16H,9-10H2,1-2H3,(H,17,18). The lowest BCUT2D eigenvalue weighted by Crippen LogP contribution is -2.24. The van der Waals surface area contributed by atoms with E-state index in [9.17, 15) is 13.2 Å². The minimum Gasteiger partial charge on any atom is -0.350 e. The normalized spacial score (nSPS) is 11.4. The molecule has 5 nitrogen and oxygen atoms in total. The van der Waals surface area contributed by atoms with Gasteiger partial charge < -0.3 is 5.32 Å². The van der Waals surface area contributed by atoms with Gasteiger partial charge in [0.25, 0.3) is 0 Å². The van der Waals surface area contributed by atoms with Crippen LogP contribution in [0.4, 0.5) is 0 Å². The van der Waals surface area contributed by atoms with Gasteiger partial charge in [-0.1, -0.05) is 18.2 Å². The van der Waals surface area contributed by atoms with Crippen LogP contribution in [0.3, 0.4) is 0 Å². The summed E-state index contributed by atoms with van der Waals surface area (Å²) < 4.78 is 25.8. The lowest BCUT2D eigenvalue weighted by atomic mass is 10.2. The SMILES string of the molecule is CNS(=O)(=O)c1ccc(CNC(=O)CSc2ccccc2C)s1. The van der Waals surface area contributed by atoms with Gasteiger partial charge in [0.2, 0.25) is 15.9 Å². The number of thiophene rings is 1. The molecule has 1 amide bonds. The number of carbonyl (C=O) groups is 1. The van der Waals surface area contributed by atoms with E-state index in [-0.39, 0.29) is 10.1 Å². The Bertz CT molecular complexity index is 785. The Balaban J connectivity index is 1.84.